The lowest BCUT2D eigenvalue weighted by atomic mass is 10.1. The van der Waals surface area contributed by atoms with Gasteiger partial charge in [0, 0.05) is 5.56 Å². The number of hydrogen-bond acceptors (Lipinski definition) is 4. The molecule has 0 radical (unpaired) electrons. The van der Waals surface area contributed by atoms with Crippen molar-refractivity contribution in [3.63, 3.8) is 0 Å². The van der Waals surface area contributed by atoms with Gasteiger partial charge in [-0.3, -0.25) is 4.79 Å². The maximum atomic E-state index is 12.6. The normalized spacial score (nSPS) is 10.4. The molecule has 0 aromatic heterocycles. The zero-order valence-corrected chi connectivity index (χ0v) is 16.7. The second-order valence-corrected chi connectivity index (χ2v) is 6.63. The minimum absolute atomic E-state index is 0.251. The number of unbranched alkanes of at least 4 members (excludes halogenated alkanes) is 2. The van der Waals surface area contributed by atoms with E-state index >= 15 is 0 Å². The summed E-state index contributed by atoms with van der Waals surface area (Å²) in [5.41, 5.74) is 0.841. The lowest BCUT2D eigenvalue weighted by Crippen LogP contribution is -2.15. The molecule has 0 spiro atoms. The van der Waals surface area contributed by atoms with Crippen LogP contribution in [0.2, 0.25) is 10.0 Å². The summed E-state index contributed by atoms with van der Waals surface area (Å²) < 4.78 is 10.4. The molecule has 1 N–H and O–H groups in total. The maximum Gasteiger partial charge on any atom is 0.339 e. The number of ether oxygens (including phenoxy) is 2. The number of nitrogens with one attached hydrogen (secondary N) is 1. The Balaban J connectivity index is 2.17. The number of para-hydroxylation sites is 1. The average Bonchev–Trinajstić information content (AvgIpc) is 2.66. The van der Waals surface area contributed by atoms with E-state index in [2.05, 4.69) is 12.2 Å². The van der Waals surface area contributed by atoms with Gasteiger partial charge in [0.15, 0.2) is 5.75 Å². The lowest BCUT2D eigenvalue weighted by Gasteiger charge is -2.13. The van der Waals surface area contributed by atoms with Crippen molar-refractivity contribution in [2.24, 2.45) is 0 Å². The third kappa shape index (κ3) is 5.62. The van der Waals surface area contributed by atoms with E-state index in [9.17, 15) is 9.59 Å². The zero-order chi connectivity index (χ0) is 19.8. The first-order valence-corrected chi connectivity index (χ1v) is 9.34. The molecule has 0 atom stereocenters. The van der Waals surface area contributed by atoms with Crippen LogP contribution in [0.3, 0.4) is 0 Å². The average molecular weight is 410 g/mol. The van der Waals surface area contributed by atoms with Crippen molar-refractivity contribution in [1.29, 1.82) is 0 Å². The van der Waals surface area contributed by atoms with E-state index in [1.165, 1.54) is 19.2 Å². The number of carbonyl (C=O) groups excluding carboxylic acids is 2. The highest BCUT2D eigenvalue weighted by Gasteiger charge is 2.17. The van der Waals surface area contributed by atoms with Gasteiger partial charge in [-0.1, -0.05) is 55.1 Å². The van der Waals surface area contributed by atoms with Crippen LogP contribution in [0, 0.1) is 0 Å². The molecule has 2 aromatic carbocycles. The van der Waals surface area contributed by atoms with Gasteiger partial charge in [0.25, 0.3) is 5.91 Å². The predicted molar refractivity (Wildman–Crippen MR) is 107 cm³/mol. The summed E-state index contributed by atoms with van der Waals surface area (Å²) in [5.74, 6) is -0.633. The quantitative estimate of drug-likeness (QED) is 0.454. The summed E-state index contributed by atoms with van der Waals surface area (Å²) in [5, 5.41) is 3.19. The first kappa shape index (κ1) is 21.1. The minimum atomic E-state index is -0.544. The Bertz CT molecular complexity index is 800. The largest absolute Gasteiger partial charge is 0.490 e. The Morgan fingerprint density at radius 2 is 1.74 bits per heavy atom. The molecule has 0 aliphatic rings. The van der Waals surface area contributed by atoms with E-state index in [1.807, 2.05) is 0 Å². The van der Waals surface area contributed by atoms with Crippen molar-refractivity contribution in [2.75, 3.05) is 19.0 Å². The fourth-order valence-electron chi connectivity index (χ4n) is 2.43. The van der Waals surface area contributed by atoms with Crippen molar-refractivity contribution < 1.29 is 19.1 Å². The highest BCUT2D eigenvalue weighted by Crippen LogP contribution is 2.34. The molecule has 0 bridgehead atoms. The summed E-state index contributed by atoms with van der Waals surface area (Å²) in [7, 11) is 1.28. The highest BCUT2D eigenvalue weighted by molar-refractivity contribution is 6.37. The molecule has 1 amide bonds. The number of anilines is 1. The second kappa shape index (κ2) is 10.2. The SMILES string of the molecule is CCCCCOc1c(Cl)cc(C(=O)Nc2ccccc2C(=O)OC)cc1Cl. The molecule has 0 aliphatic carbocycles. The summed E-state index contributed by atoms with van der Waals surface area (Å²) in [6.07, 6.45) is 3.03. The Morgan fingerprint density at radius 1 is 1.07 bits per heavy atom. The Morgan fingerprint density at radius 3 is 2.37 bits per heavy atom. The summed E-state index contributed by atoms with van der Waals surface area (Å²) in [6.45, 7) is 2.61. The van der Waals surface area contributed by atoms with Crippen LogP contribution in [0.5, 0.6) is 5.75 Å². The van der Waals surface area contributed by atoms with Crippen LogP contribution in [-0.4, -0.2) is 25.6 Å². The van der Waals surface area contributed by atoms with E-state index in [0.717, 1.165) is 19.3 Å². The topological polar surface area (TPSA) is 64.6 Å². The minimum Gasteiger partial charge on any atom is -0.490 e. The molecule has 5 nitrogen and oxygen atoms in total. The van der Waals surface area contributed by atoms with Crippen LogP contribution >= 0.6 is 23.2 Å². The van der Waals surface area contributed by atoms with Gasteiger partial charge in [0.05, 0.1) is 35.0 Å². The van der Waals surface area contributed by atoms with Gasteiger partial charge >= 0.3 is 5.97 Å². The van der Waals surface area contributed by atoms with Gasteiger partial charge < -0.3 is 14.8 Å². The summed E-state index contributed by atoms with van der Waals surface area (Å²) >= 11 is 12.5. The Hall–Kier alpha value is -2.24. The molecule has 0 aliphatic heterocycles. The molecule has 0 saturated heterocycles. The van der Waals surface area contributed by atoms with Gasteiger partial charge in [0.2, 0.25) is 0 Å². The number of rotatable bonds is 8. The number of hydrogen-bond donors (Lipinski definition) is 1. The van der Waals surface area contributed by atoms with E-state index in [-0.39, 0.29) is 21.2 Å². The smallest absolute Gasteiger partial charge is 0.339 e. The number of carbonyl (C=O) groups is 2. The van der Waals surface area contributed by atoms with Crippen LogP contribution in [0.4, 0.5) is 5.69 Å². The van der Waals surface area contributed by atoms with Crippen molar-refractivity contribution in [3.8, 4) is 5.75 Å². The number of benzene rings is 2. The van der Waals surface area contributed by atoms with Crippen LogP contribution in [0.1, 0.15) is 46.9 Å². The van der Waals surface area contributed by atoms with Gasteiger partial charge in [-0.2, -0.15) is 0 Å². The molecule has 0 saturated carbocycles. The van der Waals surface area contributed by atoms with E-state index in [1.54, 1.807) is 24.3 Å². The molecule has 144 valence electrons. The number of halogens is 2. The van der Waals surface area contributed by atoms with Crippen LogP contribution in [0.15, 0.2) is 36.4 Å². The van der Waals surface area contributed by atoms with Crippen LogP contribution < -0.4 is 10.1 Å². The monoisotopic (exact) mass is 409 g/mol. The maximum absolute atomic E-state index is 12.6. The van der Waals surface area contributed by atoms with Crippen LogP contribution in [0.25, 0.3) is 0 Å². The zero-order valence-electron chi connectivity index (χ0n) is 15.2. The van der Waals surface area contributed by atoms with Crippen molar-refractivity contribution >= 4 is 40.8 Å². The lowest BCUT2D eigenvalue weighted by molar-refractivity contribution is 0.0602. The van der Waals surface area contributed by atoms with Crippen molar-refractivity contribution in [1.82, 2.24) is 0 Å². The molecule has 7 heteroatoms. The second-order valence-electron chi connectivity index (χ2n) is 5.82. The molecule has 0 fully saturated rings. The van der Waals surface area contributed by atoms with E-state index < -0.39 is 11.9 Å². The standard InChI is InChI=1S/C20H21Cl2NO4/c1-3-4-7-10-27-18-15(21)11-13(12-16(18)22)19(24)23-17-9-6-5-8-14(17)20(25)26-2/h5-6,8-9,11-12H,3-4,7,10H2,1-2H3,(H,23,24). The highest BCUT2D eigenvalue weighted by atomic mass is 35.5. The third-order valence-corrected chi connectivity index (χ3v) is 4.40. The number of amides is 1. The molecule has 2 aromatic rings. The van der Waals surface area contributed by atoms with Gasteiger partial charge in [0.1, 0.15) is 0 Å². The summed E-state index contributed by atoms with van der Waals surface area (Å²) in [6, 6.07) is 9.53. The Labute approximate surface area is 168 Å². The summed E-state index contributed by atoms with van der Waals surface area (Å²) in [4.78, 5) is 24.4. The molecule has 27 heavy (non-hydrogen) atoms. The fraction of sp³-hybridized carbons (Fsp3) is 0.300. The van der Waals surface area contributed by atoms with Crippen LogP contribution in [-0.2, 0) is 4.74 Å². The molecule has 2 rings (SSSR count). The molecule has 0 heterocycles. The van der Waals surface area contributed by atoms with E-state index in [4.69, 9.17) is 32.7 Å². The molecule has 0 unspecified atom stereocenters. The predicted octanol–water partition coefficient (Wildman–Crippen LogP) is 5.60. The fourth-order valence-corrected chi connectivity index (χ4v) is 3.03. The Kier molecular flexibility index (Phi) is 7.95. The van der Waals surface area contributed by atoms with Gasteiger partial charge in [-0.25, -0.2) is 4.79 Å². The van der Waals surface area contributed by atoms with Crippen molar-refractivity contribution in [3.05, 3.63) is 57.6 Å². The van der Waals surface area contributed by atoms with E-state index in [0.29, 0.717) is 18.0 Å². The van der Waals surface area contributed by atoms with Gasteiger partial charge in [-0.15, -0.1) is 0 Å². The van der Waals surface area contributed by atoms with Gasteiger partial charge in [-0.05, 0) is 30.7 Å². The first-order chi connectivity index (χ1) is 13.0. The number of esters is 1. The third-order valence-electron chi connectivity index (χ3n) is 3.84. The molecular formula is C20H21Cl2NO4. The first-order valence-electron chi connectivity index (χ1n) is 8.58. The number of methoxy groups -OCH3 is 1. The van der Waals surface area contributed by atoms with Crippen molar-refractivity contribution in [2.45, 2.75) is 26.2 Å². The molecular weight excluding hydrogens is 389 g/mol.